The third kappa shape index (κ3) is 4.17. The zero-order valence-electron chi connectivity index (χ0n) is 11.3. The summed E-state index contributed by atoms with van der Waals surface area (Å²) in [5.74, 6) is -0.180. The smallest absolute Gasteiger partial charge is 0.123 e. The molecule has 0 amide bonds. The first-order valence-electron chi connectivity index (χ1n) is 6.75. The minimum absolute atomic E-state index is 0.180. The molecule has 1 heterocycles. The monoisotopic (exact) mass is 261 g/mol. The van der Waals surface area contributed by atoms with Crippen molar-refractivity contribution >= 4 is 0 Å². The summed E-state index contributed by atoms with van der Waals surface area (Å²) in [6.45, 7) is 4.81. The third-order valence-electron chi connectivity index (χ3n) is 3.05. The van der Waals surface area contributed by atoms with E-state index in [9.17, 15) is 4.39 Å². The molecular weight excluding hydrogens is 241 g/mol. The summed E-state index contributed by atoms with van der Waals surface area (Å²) in [6.07, 6.45) is 3.83. The lowest BCUT2D eigenvalue weighted by Gasteiger charge is -2.07. The van der Waals surface area contributed by atoms with Gasteiger partial charge in [0.1, 0.15) is 5.82 Å². The highest BCUT2D eigenvalue weighted by atomic mass is 19.1. The van der Waals surface area contributed by atoms with E-state index >= 15 is 0 Å². The second-order valence-corrected chi connectivity index (χ2v) is 4.60. The van der Waals surface area contributed by atoms with Crippen LogP contribution < -0.4 is 5.32 Å². The van der Waals surface area contributed by atoms with Crippen LogP contribution in [0.5, 0.6) is 0 Å². The molecule has 1 aromatic carbocycles. The Morgan fingerprint density at radius 3 is 2.74 bits per heavy atom. The molecule has 0 spiro atoms. The number of hydrogen-bond acceptors (Lipinski definition) is 2. The van der Waals surface area contributed by atoms with E-state index in [2.05, 4.69) is 17.3 Å². The fraction of sp³-hybridized carbons (Fsp3) is 0.400. The summed E-state index contributed by atoms with van der Waals surface area (Å²) >= 11 is 0. The molecular formula is C15H20FN3. The molecule has 0 radical (unpaired) electrons. The SMILES string of the molecule is CCCn1nccc1CNCCc1ccc(F)cc1. The van der Waals surface area contributed by atoms with Gasteiger partial charge in [-0.2, -0.15) is 5.10 Å². The van der Waals surface area contributed by atoms with Crippen molar-refractivity contribution in [2.24, 2.45) is 0 Å². The van der Waals surface area contributed by atoms with Gasteiger partial charge in [-0.15, -0.1) is 0 Å². The lowest BCUT2D eigenvalue weighted by molar-refractivity contribution is 0.550. The summed E-state index contributed by atoms with van der Waals surface area (Å²) in [4.78, 5) is 0. The Hall–Kier alpha value is -1.68. The van der Waals surface area contributed by atoms with Gasteiger partial charge in [0.25, 0.3) is 0 Å². The molecule has 0 aliphatic rings. The van der Waals surface area contributed by atoms with E-state index in [0.717, 1.165) is 38.0 Å². The molecule has 0 bridgehead atoms. The average Bonchev–Trinajstić information content (AvgIpc) is 2.85. The Morgan fingerprint density at radius 2 is 2.00 bits per heavy atom. The molecule has 0 fully saturated rings. The molecule has 2 rings (SSSR count). The van der Waals surface area contributed by atoms with Crippen LogP contribution in [0.25, 0.3) is 0 Å². The van der Waals surface area contributed by atoms with Gasteiger partial charge >= 0.3 is 0 Å². The lowest BCUT2D eigenvalue weighted by Crippen LogP contribution is -2.19. The highest BCUT2D eigenvalue weighted by Gasteiger charge is 2.01. The molecule has 0 aliphatic carbocycles. The number of nitrogens with one attached hydrogen (secondary N) is 1. The first-order chi connectivity index (χ1) is 9.29. The molecule has 0 saturated heterocycles. The number of halogens is 1. The molecule has 0 saturated carbocycles. The number of aryl methyl sites for hydroxylation is 1. The third-order valence-corrected chi connectivity index (χ3v) is 3.05. The van der Waals surface area contributed by atoms with Crippen molar-refractivity contribution in [1.29, 1.82) is 0 Å². The standard InChI is InChI=1S/C15H20FN3/c1-2-11-19-15(8-10-18-19)12-17-9-7-13-3-5-14(16)6-4-13/h3-6,8,10,17H,2,7,9,11-12H2,1H3. The molecule has 0 unspecified atom stereocenters. The van der Waals surface area contributed by atoms with E-state index in [1.165, 1.54) is 17.8 Å². The number of benzene rings is 1. The highest BCUT2D eigenvalue weighted by molar-refractivity contribution is 5.16. The Labute approximate surface area is 113 Å². The minimum Gasteiger partial charge on any atom is -0.311 e. The van der Waals surface area contributed by atoms with Crippen LogP contribution >= 0.6 is 0 Å². The van der Waals surface area contributed by atoms with Crippen molar-refractivity contribution in [2.45, 2.75) is 32.9 Å². The van der Waals surface area contributed by atoms with Crippen LogP contribution in [-0.2, 0) is 19.5 Å². The Bertz CT molecular complexity index is 490. The maximum absolute atomic E-state index is 12.8. The van der Waals surface area contributed by atoms with Gasteiger partial charge in [0.15, 0.2) is 0 Å². The van der Waals surface area contributed by atoms with Crippen molar-refractivity contribution in [3.05, 3.63) is 53.6 Å². The van der Waals surface area contributed by atoms with Crippen LogP contribution in [-0.4, -0.2) is 16.3 Å². The predicted octanol–water partition coefficient (Wildman–Crippen LogP) is 2.76. The molecule has 4 heteroatoms. The van der Waals surface area contributed by atoms with E-state index < -0.39 is 0 Å². The van der Waals surface area contributed by atoms with Crippen molar-refractivity contribution in [3.63, 3.8) is 0 Å². The van der Waals surface area contributed by atoms with E-state index in [0.29, 0.717) is 0 Å². The molecule has 3 nitrogen and oxygen atoms in total. The second-order valence-electron chi connectivity index (χ2n) is 4.60. The zero-order chi connectivity index (χ0) is 13.5. The van der Waals surface area contributed by atoms with Gasteiger partial charge in [-0.05, 0) is 43.1 Å². The van der Waals surface area contributed by atoms with E-state index in [-0.39, 0.29) is 5.82 Å². The van der Waals surface area contributed by atoms with Crippen LogP contribution in [0.4, 0.5) is 4.39 Å². The largest absolute Gasteiger partial charge is 0.311 e. The topological polar surface area (TPSA) is 29.9 Å². The normalized spacial score (nSPS) is 10.8. The van der Waals surface area contributed by atoms with Crippen molar-refractivity contribution in [3.8, 4) is 0 Å². The first-order valence-corrected chi connectivity index (χ1v) is 6.75. The van der Waals surface area contributed by atoms with Crippen molar-refractivity contribution < 1.29 is 4.39 Å². The molecule has 1 N–H and O–H groups in total. The van der Waals surface area contributed by atoms with Crippen LogP contribution in [0.3, 0.4) is 0 Å². The minimum atomic E-state index is -0.180. The number of rotatable bonds is 7. The van der Waals surface area contributed by atoms with Crippen molar-refractivity contribution in [1.82, 2.24) is 15.1 Å². The van der Waals surface area contributed by atoms with Crippen LogP contribution in [0.15, 0.2) is 36.5 Å². The maximum Gasteiger partial charge on any atom is 0.123 e. The summed E-state index contributed by atoms with van der Waals surface area (Å²) in [6, 6.07) is 8.72. The number of hydrogen-bond donors (Lipinski definition) is 1. The summed E-state index contributed by atoms with van der Waals surface area (Å²) in [7, 11) is 0. The summed E-state index contributed by atoms with van der Waals surface area (Å²) in [5.41, 5.74) is 2.36. The van der Waals surface area contributed by atoms with Crippen LogP contribution in [0.1, 0.15) is 24.6 Å². The average molecular weight is 261 g/mol. The maximum atomic E-state index is 12.8. The fourth-order valence-electron chi connectivity index (χ4n) is 2.02. The van der Waals surface area contributed by atoms with Gasteiger partial charge < -0.3 is 5.32 Å². The molecule has 1 aromatic heterocycles. The Kier molecular flexibility index (Phi) is 5.10. The number of nitrogens with zero attached hydrogens (tertiary/aromatic N) is 2. The summed E-state index contributed by atoms with van der Waals surface area (Å²) < 4.78 is 14.8. The Morgan fingerprint density at radius 1 is 1.21 bits per heavy atom. The van der Waals surface area contributed by atoms with Gasteiger partial charge in [-0.3, -0.25) is 4.68 Å². The second kappa shape index (κ2) is 7.04. The van der Waals surface area contributed by atoms with E-state index in [4.69, 9.17) is 0 Å². The lowest BCUT2D eigenvalue weighted by atomic mass is 10.1. The van der Waals surface area contributed by atoms with Gasteiger partial charge in [-0.25, -0.2) is 4.39 Å². The van der Waals surface area contributed by atoms with Crippen LogP contribution in [0, 0.1) is 5.82 Å². The van der Waals surface area contributed by atoms with Crippen LogP contribution in [0.2, 0.25) is 0 Å². The highest BCUT2D eigenvalue weighted by Crippen LogP contribution is 2.03. The quantitative estimate of drug-likeness (QED) is 0.777. The molecule has 102 valence electrons. The zero-order valence-corrected chi connectivity index (χ0v) is 11.3. The van der Waals surface area contributed by atoms with Crippen molar-refractivity contribution in [2.75, 3.05) is 6.54 Å². The van der Waals surface area contributed by atoms with Gasteiger partial charge in [0.05, 0.1) is 5.69 Å². The molecule has 2 aromatic rings. The predicted molar refractivity (Wildman–Crippen MR) is 74.3 cm³/mol. The van der Waals surface area contributed by atoms with Gasteiger partial charge in [-0.1, -0.05) is 19.1 Å². The Balaban J connectivity index is 1.74. The van der Waals surface area contributed by atoms with E-state index in [1.807, 2.05) is 29.1 Å². The van der Waals surface area contributed by atoms with Gasteiger partial charge in [0, 0.05) is 19.3 Å². The van der Waals surface area contributed by atoms with E-state index in [1.54, 1.807) is 0 Å². The molecule has 19 heavy (non-hydrogen) atoms. The number of aromatic nitrogens is 2. The molecule has 0 aliphatic heterocycles. The summed E-state index contributed by atoms with van der Waals surface area (Å²) in [5, 5.41) is 7.68. The first kappa shape index (κ1) is 13.7. The van der Waals surface area contributed by atoms with Gasteiger partial charge in [0.2, 0.25) is 0 Å². The fourth-order valence-corrected chi connectivity index (χ4v) is 2.02. The molecule has 0 atom stereocenters.